The summed E-state index contributed by atoms with van der Waals surface area (Å²) in [5, 5.41) is 12.4. The van der Waals surface area contributed by atoms with E-state index in [0.29, 0.717) is 28.5 Å². The third-order valence-corrected chi connectivity index (χ3v) is 5.09. The second kappa shape index (κ2) is 7.40. The largest absolute Gasteiger partial charge is 0.495 e. The number of carboxylic acids is 1. The summed E-state index contributed by atoms with van der Waals surface area (Å²) >= 11 is 0. The van der Waals surface area contributed by atoms with Gasteiger partial charge >= 0.3 is 5.97 Å². The van der Waals surface area contributed by atoms with Crippen molar-refractivity contribution in [2.75, 3.05) is 36.3 Å². The zero-order valence-corrected chi connectivity index (χ0v) is 16.7. The highest BCUT2D eigenvalue weighted by Crippen LogP contribution is 2.40. The van der Waals surface area contributed by atoms with Crippen LogP contribution in [-0.4, -0.2) is 43.2 Å². The summed E-state index contributed by atoms with van der Waals surface area (Å²) < 4.78 is 5.34. The van der Waals surface area contributed by atoms with E-state index < -0.39 is 5.97 Å². The van der Waals surface area contributed by atoms with Crippen LogP contribution in [0.15, 0.2) is 54.7 Å². The zero-order valence-electron chi connectivity index (χ0n) is 16.7. The minimum absolute atomic E-state index is 0.116. The highest BCUT2D eigenvalue weighted by Gasteiger charge is 2.27. The van der Waals surface area contributed by atoms with Crippen LogP contribution in [0, 0.1) is 0 Å². The van der Waals surface area contributed by atoms with E-state index in [1.807, 2.05) is 36.2 Å². The van der Waals surface area contributed by atoms with Crippen molar-refractivity contribution in [3.05, 3.63) is 65.9 Å². The third-order valence-electron chi connectivity index (χ3n) is 5.09. The Morgan fingerprint density at radius 2 is 1.80 bits per heavy atom. The molecule has 4 rings (SSSR count). The molecular weight excluding hydrogens is 384 g/mol. The van der Waals surface area contributed by atoms with Crippen LogP contribution in [0.3, 0.4) is 0 Å². The van der Waals surface area contributed by atoms with Crippen LogP contribution >= 0.6 is 0 Å². The molecule has 1 aromatic heterocycles. The molecule has 1 aliphatic heterocycles. The predicted molar refractivity (Wildman–Crippen MR) is 115 cm³/mol. The molecule has 0 spiro atoms. The van der Waals surface area contributed by atoms with Gasteiger partial charge in [0, 0.05) is 20.2 Å². The van der Waals surface area contributed by atoms with Crippen LogP contribution < -0.4 is 19.9 Å². The number of methoxy groups -OCH3 is 1. The van der Waals surface area contributed by atoms with E-state index in [1.165, 1.54) is 19.2 Å². The Morgan fingerprint density at radius 3 is 2.53 bits per heavy atom. The number of pyridine rings is 1. The number of hydrogen-bond donors (Lipinski definition) is 2. The lowest BCUT2D eigenvalue weighted by Gasteiger charge is -2.23. The van der Waals surface area contributed by atoms with Gasteiger partial charge in [0.15, 0.2) is 0 Å². The van der Waals surface area contributed by atoms with Crippen molar-refractivity contribution in [1.82, 2.24) is 4.98 Å². The van der Waals surface area contributed by atoms with E-state index in [1.54, 1.807) is 30.3 Å². The van der Waals surface area contributed by atoms with E-state index in [2.05, 4.69) is 10.3 Å². The molecule has 30 heavy (non-hydrogen) atoms. The Labute approximate surface area is 173 Å². The number of carbonyl (C=O) groups excluding carboxylic acids is 1. The number of carboxylic acid groups (broad SMARTS) is 1. The van der Waals surface area contributed by atoms with Gasteiger partial charge in [-0.1, -0.05) is 12.1 Å². The predicted octanol–water partition coefficient (Wildman–Crippen LogP) is 3.89. The van der Waals surface area contributed by atoms with Crippen molar-refractivity contribution in [3.8, 4) is 5.75 Å². The summed E-state index contributed by atoms with van der Waals surface area (Å²) in [5.74, 6) is -0.175. The van der Waals surface area contributed by atoms with Crippen LogP contribution in [0.4, 0.5) is 28.6 Å². The fourth-order valence-electron chi connectivity index (χ4n) is 3.48. The van der Waals surface area contributed by atoms with Crippen molar-refractivity contribution >= 4 is 40.4 Å². The number of ether oxygens (including phenoxy) is 1. The molecule has 0 unspecified atom stereocenters. The molecule has 0 bridgehead atoms. The molecule has 2 aromatic carbocycles. The molecule has 152 valence electrons. The highest BCUT2D eigenvalue weighted by atomic mass is 16.5. The third kappa shape index (κ3) is 3.18. The van der Waals surface area contributed by atoms with Gasteiger partial charge in [-0.05, 0) is 30.3 Å². The Balaban J connectivity index is 1.78. The van der Waals surface area contributed by atoms with Crippen LogP contribution in [0.25, 0.3) is 0 Å². The summed E-state index contributed by atoms with van der Waals surface area (Å²) in [7, 11) is 5.11. The molecule has 8 nitrogen and oxygen atoms in total. The fourth-order valence-corrected chi connectivity index (χ4v) is 3.48. The molecule has 0 aliphatic carbocycles. The van der Waals surface area contributed by atoms with Gasteiger partial charge < -0.3 is 25.0 Å². The molecule has 3 aromatic rings. The van der Waals surface area contributed by atoms with E-state index in [9.17, 15) is 14.7 Å². The first-order valence-electron chi connectivity index (χ1n) is 9.20. The van der Waals surface area contributed by atoms with Crippen molar-refractivity contribution in [2.24, 2.45) is 0 Å². The standard InChI is InChI=1S/C22H20N4O4/c1-25-16-7-5-4-6-14(16)21(27)26(2)18-12-23-20(11-17(18)25)24-15-10-13(22(28)29)8-9-19(15)30-3/h4-12H,1-3H3,(H,23,24)(H,28,29). The van der Waals surface area contributed by atoms with Gasteiger partial charge in [-0.25, -0.2) is 9.78 Å². The van der Waals surface area contributed by atoms with Crippen molar-refractivity contribution in [2.45, 2.75) is 0 Å². The number of aromatic nitrogens is 1. The van der Waals surface area contributed by atoms with Crippen LogP contribution in [0.2, 0.25) is 0 Å². The number of nitrogens with zero attached hydrogens (tertiary/aromatic N) is 3. The number of anilines is 5. The monoisotopic (exact) mass is 404 g/mol. The van der Waals surface area contributed by atoms with Crippen LogP contribution in [0.1, 0.15) is 20.7 Å². The number of rotatable bonds is 4. The molecule has 8 heteroatoms. The number of nitrogens with one attached hydrogen (secondary N) is 1. The molecule has 2 heterocycles. The van der Waals surface area contributed by atoms with Crippen LogP contribution in [0.5, 0.6) is 5.75 Å². The first-order valence-corrected chi connectivity index (χ1v) is 9.20. The van der Waals surface area contributed by atoms with Crippen molar-refractivity contribution in [3.63, 3.8) is 0 Å². The molecular formula is C22H20N4O4. The molecule has 0 radical (unpaired) electrons. The number of carbonyl (C=O) groups is 2. The number of benzene rings is 2. The Morgan fingerprint density at radius 1 is 1.03 bits per heavy atom. The van der Waals surface area contributed by atoms with Crippen molar-refractivity contribution < 1.29 is 19.4 Å². The normalized spacial score (nSPS) is 12.7. The first-order chi connectivity index (χ1) is 14.4. The van der Waals surface area contributed by atoms with Gasteiger partial charge in [0.05, 0.1) is 47.2 Å². The summed E-state index contributed by atoms with van der Waals surface area (Å²) in [6.07, 6.45) is 1.62. The quantitative estimate of drug-likeness (QED) is 0.681. The summed E-state index contributed by atoms with van der Waals surface area (Å²) in [4.78, 5) is 32.2. The lowest BCUT2D eigenvalue weighted by molar-refractivity contribution is 0.0696. The Hall–Kier alpha value is -4.07. The molecule has 1 amide bonds. The number of hydrogen-bond acceptors (Lipinski definition) is 6. The molecule has 1 aliphatic rings. The molecule has 0 saturated heterocycles. The maximum Gasteiger partial charge on any atom is 0.335 e. The van der Waals surface area contributed by atoms with Crippen molar-refractivity contribution in [1.29, 1.82) is 0 Å². The number of aromatic carboxylic acids is 1. The molecule has 0 atom stereocenters. The highest BCUT2D eigenvalue weighted by molar-refractivity contribution is 6.13. The summed E-state index contributed by atoms with van der Waals surface area (Å²) in [6.45, 7) is 0. The number of para-hydroxylation sites is 1. The number of amides is 1. The molecule has 2 N–H and O–H groups in total. The average molecular weight is 404 g/mol. The minimum atomic E-state index is -1.04. The lowest BCUT2D eigenvalue weighted by atomic mass is 10.1. The average Bonchev–Trinajstić information content (AvgIpc) is 2.84. The lowest BCUT2D eigenvalue weighted by Crippen LogP contribution is -2.25. The smallest absolute Gasteiger partial charge is 0.335 e. The van der Waals surface area contributed by atoms with Gasteiger partial charge in [-0.3, -0.25) is 4.79 Å². The Bertz CT molecular complexity index is 1160. The first kappa shape index (κ1) is 19.3. The van der Waals surface area contributed by atoms with E-state index in [-0.39, 0.29) is 11.5 Å². The van der Waals surface area contributed by atoms with Gasteiger partial charge in [0.2, 0.25) is 0 Å². The topological polar surface area (TPSA) is 95.0 Å². The van der Waals surface area contributed by atoms with Crippen LogP contribution in [-0.2, 0) is 0 Å². The van der Waals surface area contributed by atoms with Gasteiger partial charge in [-0.15, -0.1) is 0 Å². The van der Waals surface area contributed by atoms with Gasteiger partial charge in [0.1, 0.15) is 11.6 Å². The molecule has 0 fully saturated rings. The summed E-state index contributed by atoms with van der Waals surface area (Å²) in [5.41, 5.74) is 3.44. The fraction of sp³-hybridized carbons (Fsp3) is 0.136. The maximum atomic E-state index is 12.9. The second-order valence-electron chi connectivity index (χ2n) is 6.84. The van der Waals surface area contributed by atoms with E-state index >= 15 is 0 Å². The minimum Gasteiger partial charge on any atom is -0.495 e. The van der Waals surface area contributed by atoms with E-state index in [4.69, 9.17) is 4.74 Å². The SMILES string of the molecule is COc1ccc(C(=O)O)cc1Nc1cc2c(cn1)N(C)C(=O)c1ccccc1N2C. The van der Waals surface area contributed by atoms with Gasteiger partial charge in [0.25, 0.3) is 5.91 Å². The second-order valence-corrected chi connectivity index (χ2v) is 6.84. The maximum absolute atomic E-state index is 12.9. The molecule has 0 saturated carbocycles. The number of fused-ring (bicyclic) bond motifs is 2. The van der Waals surface area contributed by atoms with E-state index in [0.717, 1.165) is 11.4 Å². The van der Waals surface area contributed by atoms with Gasteiger partial charge in [-0.2, -0.15) is 0 Å². The summed E-state index contributed by atoms with van der Waals surface area (Å²) in [6, 6.07) is 13.8. The zero-order chi connectivity index (χ0) is 21.4. The Kier molecular flexibility index (Phi) is 4.75.